The first-order chi connectivity index (χ1) is 11.1. The van der Waals surface area contributed by atoms with E-state index in [1.54, 1.807) is 6.07 Å². The molecule has 120 valence electrons. The number of benzene rings is 2. The zero-order valence-corrected chi connectivity index (χ0v) is 13.0. The van der Waals surface area contributed by atoms with Gasteiger partial charge in [-0.15, -0.1) is 0 Å². The first-order valence-corrected chi connectivity index (χ1v) is 7.29. The fourth-order valence-electron chi connectivity index (χ4n) is 1.86. The van der Waals surface area contributed by atoms with E-state index in [0.717, 1.165) is 11.1 Å². The summed E-state index contributed by atoms with van der Waals surface area (Å²) in [6, 6.07) is 16.7. The third kappa shape index (κ3) is 6.22. The van der Waals surface area contributed by atoms with Gasteiger partial charge in [-0.05, 0) is 30.2 Å². The summed E-state index contributed by atoms with van der Waals surface area (Å²) in [7, 11) is 0. The van der Waals surface area contributed by atoms with Crippen molar-refractivity contribution in [1.82, 2.24) is 5.32 Å². The molecule has 0 spiro atoms. The SMILES string of the molecule is Cc1cccc(OCC(=O)NCC(=O)OCc2ccccc2)c1. The van der Waals surface area contributed by atoms with E-state index in [-0.39, 0.29) is 25.7 Å². The Bertz CT molecular complexity index is 655. The lowest BCUT2D eigenvalue weighted by atomic mass is 10.2. The van der Waals surface area contributed by atoms with Crippen molar-refractivity contribution in [3.8, 4) is 5.75 Å². The van der Waals surface area contributed by atoms with Gasteiger partial charge in [0.1, 0.15) is 18.9 Å². The van der Waals surface area contributed by atoms with Gasteiger partial charge in [-0.3, -0.25) is 9.59 Å². The van der Waals surface area contributed by atoms with Crippen LogP contribution in [0.2, 0.25) is 0 Å². The lowest BCUT2D eigenvalue weighted by Gasteiger charge is -2.08. The Hall–Kier alpha value is -2.82. The normalized spacial score (nSPS) is 9.96. The van der Waals surface area contributed by atoms with Crippen LogP contribution in [0.4, 0.5) is 0 Å². The zero-order valence-electron chi connectivity index (χ0n) is 13.0. The number of ether oxygens (including phenoxy) is 2. The Balaban J connectivity index is 1.64. The van der Waals surface area contributed by atoms with E-state index in [4.69, 9.17) is 9.47 Å². The van der Waals surface area contributed by atoms with E-state index in [1.165, 1.54) is 0 Å². The summed E-state index contributed by atoms with van der Waals surface area (Å²) in [6.07, 6.45) is 0. The second-order valence-electron chi connectivity index (χ2n) is 5.03. The van der Waals surface area contributed by atoms with Crippen molar-refractivity contribution in [2.75, 3.05) is 13.2 Å². The molecule has 2 aromatic carbocycles. The van der Waals surface area contributed by atoms with Crippen LogP contribution < -0.4 is 10.1 Å². The molecular formula is C18H19NO4. The Morgan fingerprint density at radius 3 is 2.57 bits per heavy atom. The number of carbonyl (C=O) groups is 2. The fraction of sp³-hybridized carbons (Fsp3) is 0.222. The quantitative estimate of drug-likeness (QED) is 0.796. The highest BCUT2D eigenvalue weighted by atomic mass is 16.5. The van der Waals surface area contributed by atoms with Gasteiger partial charge < -0.3 is 14.8 Å². The highest BCUT2D eigenvalue weighted by Gasteiger charge is 2.07. The van der Waals surface area contributed by atoms with Crippen molar-refractivity contribution >= 4 is 11.9 Å². The van der Waals surface area contributed by atoms with Crippen LogP contribution >= 0.6 is 0 Å². The first kappa shape index (κ1) is 16.5. The molecule has 1 amide bonds. The van der Waals surface area contributed by atoms with E-state index in [1.807, 2.05) is 55.5 Å². The molecule has 5 nitrogen and oxygen atoms in total. The summed E-state index contributed by atoms with van der Waals surface area (Å²) in [6.45, 7) is 1.81. The predicted octanol–water partition coefficient (Wildman–Crippen LogP) is 2.23. The number of hydrogen-bond acceptors (Lipinski definition) is 4. The summed E-state index contributed by atoms with van der Waals surface area (Å²) in [5, 5.41) is 2.47. The van der Waals surface area contributed by atoms with Crippen LogP contribution in [0, 0.1) is 6.92 Å². The average Bonchev–Trinajstić information content (AvgIpc) is 2.57. The van der Waals surface area contributed by atoms with Gasteiger partial charge in [0.05, 0.1) is 0 Å². The van der Waals surface area contributed by atoms with Crippen LogP contribution in [0.5, 0.6) is 5.75 Å². The first-order valence-electron chi connectivity index (χ1n) is 7.29. The lowest BCUT2D eigenvalue weighted by Crippen LogP contribution is -2.34. The van der Waals surface area contributed by atoms with Crippen molar-refractivity contribution in [3.05, 3.63) is 65.7 Å². The summed E-state index contributed by atoms with van der Waals surface area (Å²) in [4.78, 5) is 23.2. The van der Waals surface area contributed by atoms with Gasteiger partial charge >= 0.3 is 5.97 Å². The fourth-order valence-corrected chi connectivity index (χ4v) is 1.86. The molecule has 23 heavy (non-hydrogen) atoms. The largest absolute Gasteiger partial charge is 0.484 e. The maximum absolute atomic E-state index is 11.6. The maximum Gasteiger partial charge on any atom is 0.325 e. The molecule has 0 bridgehead atoms. The highest BCUT2D eigenvalue weighted by molar-refractivity contribution is 5.82. The van der Waals surface area contributed by atoms with Gasteiger partial charge in [0.2, 0.25) is 0 Å². The number of nitrogens with one attached hydrogen (secondary N) is 1. The number of hydrogen-bond donors (Lipinski definition) is 1. The third-order valence-electron chi connectivity index (χ3n) is 3.03. The third-order valence-corrected chi connectivity index (χ3v) is 3.03. The second kappa shape index (κ2) is 8.58. The molecule has 0 aromatic heterocycles. The van der Waals surface area contributed by atoms with Gasteiger partial charge in [0.25, 0.3) is 5.91 Å². The van der Waals surface area contributed by atoms with Gasteiger partial charge in [-0.25, -0.2) is 0 Å². The van der Waals surface area contributed by atoms with Gasteiger partial charge in [0.15, 0.2) is 6.61 Å². The molecule has 2 rings (SSSR count). The summed E-state index contributed by atoms with van der Waals surface area (Å²) < 4.78 is 10.4. The number of carbonyl (C=O) groups excluding carboxylic acids is 2. The predicted molar refractivity (Wildman–Crippen MR) is 85.9 cm³/mol. The van der Waals surface area contributed by atoms with E-state index < -0.39 is 5.97 Å². The number of rotatable bonds is 7. The number of aryl methyl sites for hydroxylation is 1. The molecule has 0 saturated carbocycles. The summed E-state index contributed by atoms with van der Waals surface area (Å²) >= 11 is 0. The van der Waals surface area contributed by atoms with Crippen LogP contribution in [0.1, 0.15) is 11.1 Å². The molecule has 0 aliphatic rings. The van der Waals surface area contributed by atoms with E-state index >= 15 is 0 Å². The molecule has 0 atom stereocenters. The number of esters is 1. The van der Waals surface area contributed by atoms with Crippen molar-refractivity contribution in [3.63, 3.8) is 0 Å². The second-order valence-corrected chi connectivity index (χ2v) is 5.03. The van der Waals surface area contributed by atoms with Gasteiger partial charge in [-0.2, -0.15) is 0 Å². The molecule has 1 N–H and O–H groups in total. The summed E-state index contributed by atoms with van der Waals surface area (Å²) in [5.41, 5.74) is 1.95. The highest BCUT2D eigenvalue weighted by Crippen LogP contribution is 2.11. The molecule has 0 radical (unpaired) electrons. The Labute approximate surface area is 135 Å². The molecule has 0 heterocycles. The Morgan fingerprint density at radius 1 is 1.04 bits per heavy atom. The molecule has 0 aliphatic carbocycles. The molecular weight excluding hydrogens is 294 g/mol. The minimum Gasteiger partial charge on any atom is -0.484 e. The zero-order chi connectivity index (χ0) is 16.5. The van der Waals surface area contributed by atoms with Crippen LogP contribution in [-0.2, 0) is 20.9 Å². The Morgan fingerprint density at radius 2 is 1.83 bits per heavy atom. The van der Waals surface area contributed by atoms with E-state index in [9.17, 15) is 9.59 Å². The van der Waals surface area contributed by atoms with Crippen molar-refractivity contribution in [2.45, 2.75) is 13.5 Å². The van der Waals surface area contributed by atoms with E-state index in [2.05, 4.69) is 5.32 Å². The standard InChI is InChI=1S/C18H19NO4/c1-14-6-5-9-16(10-14)22-13-17(20)19-11-18(21)23-12-15-7-3-2-4-8-15/h2-10H,11-13H2,1H3,(H,19,20). The summed E-state index contributed by atoms with van der Waals surface area (Å²) in [5.74, 6) is -0.243. The van der Waals surface area contributed by atoms with Crippen molar-refractivity contribution in [1.29, 1.82) is 0 Å². The monoisotopic (exact) mass is 313 g/mol. The molecule has 2 aromatic rings. The topological polar surface area (TPSA) is 64.6 Å². The van der Waals surface area contributed by atoms with Crippen LogP contribution in [0.25, 0.3) is 0 Å². The molecule has 0 aliphatic heterocycles. The van der Waals surface area contributed by atoms with Crippen molar-refractivity contribution < 1.29 is 19.1 Å². The van der Waals surface area contributed by atoms with Gasteiger partial charge in [-0.1, -0.05) is 42.5 Å². The molecule has 0 fully saturated rings. The molecule has 0 unspecified atom stereocenters. The molecule has 5 heteroatoms. The smallest absolute Gasteiger partial charge is 0.325 e. The van der Waals surface area contributed by atoms with Crippen LogP contribution in [0.3, 0.4) is 0 Å². The van der Waals surface area contributed by atoms with Crippen LogP contribution in [0.15, 0.2) is 54.6 Å². The lowest BCUT2D eigenvalue weighted by molar-refractivity contribution is -0.145. The Kier molecular flexibility index (Phi) is 6.17. The minimum absolute atomic E-state index is 0.143. The van der Waals surface area contributed by atoms with E-state index in [0.29, 0.717) is 5.75 Å². The maximum atomic E-state index is 11.6. The van der Waals surface area contributed by atoms with Crippen molar-refractivity contribution in [2.24, 2.45) is 0 Å². The minimum atomic E-state index is -0.488. The van der Waals surface area contributed by atoms with Crippen LogP contribution in [-0.4, -0.2) is 25.0 Å². The average molecular weight is 313 g/mol. The number of amides is 1. The van der Waals surface area contributed by atoms with Gasteiger partial charge in [0, 0.05) is 0 Å². The molecule has 0 saturated heterocycles.